The van der Waals surface area contributed by atoms with Gasteiger partial charge in [0.05, 0.1) is 17.4 Å². The van der Waals surface area contributed by atoms with E-state index in [1.807, 2.05) is 6.92 Å². The van der Waals surface area contributed by atoms with Crippen LogP contribution in [0.2, 0.25) is 0 Å². The topological polar surface area (TPSA) is 101 Å². The molecule has 1 heterocycles. The van der Waals surface area contributed by atoms with Crippen LogP contribution in [-0.2, 0) is 19.4 Å². The minimum absolute atomic E-state index is 0.0136. The van der Waals surface area contributed by atoms with Gasteiger partial charge in [0, 0.05) is 13.0 Å². The van der Waals surface area contributed by atoms with Crippen molar-refractivity contribution >= 4 is 21.7 Å². The van der Waals surface area contributed by atoms with Crippen molar-refractivity contribution in [1.82, 2.24) is 5.32 Å². The van der Waals surface area contributed by atoms with Crippen molar-refractivity contribution in [3.63, 3.8) is 0 Å². The highest BCUT2D eigenvalue weighted by Crippen LogP contribution is 2.18. The lowest BCUT2D eigenvalue weighted by Gasteiger charge is -2.15. The zero-order chi connectivity index (χ0) is 13.8. The number of amides is 1. The predicted molar refractivity (Wildman–Crippen MR) is 65.8 cm³/mol. The first-order valence-electron chi connectivity index (χ1n) is 6.04. The van der Waals surface area contributed by atoms with Gasteiger partial charge in [-0.3, -0.25) is 9.59 Å². The summed E-state index contributed by atoms with van der Waals surface area (Å²) < 4.78 is 22.5. The Bertz CT molecular complexity index is 417. The number of carboxylic acid groups (broad SMARTS) is 1. The number of nitrogens with one attached hydrogen (secondary N) is 1. The summed E-state index contributed by atoms with van der Waals surface area (Å²) in [6, 6.07) is 0. The molecule has 0 bridgehead atoms. The van der Waals surface area contributed by atoms with Crippen LogP contribution in [0, 0.1) is 11.8 Å². The van der Waals surface area contributed by atoms with Gasteiger partial charge in [-0.05, 0) is 12.3 Å². The Labute approximate surface area is 107 Å². The van der Waals surface area contributed by atoms with E-state index in [1.54, 1.807) is 0 Å². The molecular formula is C11H19NO5S. The minimum atomic E-state index is -3.06. The van der Waals surface area contributed by atoms with Gasteiger partial charge in [-0.2, -0.15) is 0 Å². The van der Waals surface area contributed by atoms with E-state index in [-0.39, 0.29) is 36.3 Å². The molecule has 0 aromatic heterocycles. The molecular weight excluding hydrogens is 258 g/mol. The van der Waals surface area contributed by atoms with E-state index in [0.29, 0.717) is 12.8 Å². The second kappa shape index (κ2) is 6.17. The molecule has 1 rings (SSSR count). The van der Waals surface area contributed by atoms with E-state index in [0.717, 1.165) is 0 Å². The summed E-state index contributed by atoms with van der Waals surface area (Å²) >= 11 is 0. The van der Waals surface area contributed by atoms with Crippen molar-refractivity contribution in [2.24, 2.45) is 11.8 Å². The Hall–Kier alpha value is -1.11. The van der Waals surface area contributed by atoms with Crippen LogP contribution in [0.3, 0.4) is 0 Å². The first kappa shape index (κ1) is 14.9. The third kappa shape index (κ3) is 4.64. The van der Waals surface area contributed by atoms with Crippen molar-refractivity contribution in [1.29, 1.82) is 0 Å². The summed E-state index contributed by atoms with van der Waals surface area (Å²) in [6.07, 6.45) is 1.04. The molecule has 2 N–H and O–H groups in total. The molecule has 0 aliphatic carbocycles. The second-order valence-electron chi connectivity index (χ2n) is 4.72. The largest absolute Gasteiger partial charge is 0.481 e. The zero-order valence-corrected chi connectivity index (χ0v) is 11.2. The molecule has 2 unspecified atom stereocenters. The fraction of sp³-hybridized carbons (Fsp3) is 0.818. The van der Waals surface area contributed by atoms with E-state index >= 15 is 0 Å². The van der Waals surface area contributed by atoms with Crippen LogP contribution < -0.4 is 5.32 Å². The molecule has 0 saturated carbocycles. The molecule has 0 radical (unpaired) electrons. The number of carboxylic acids is 1. The summed E-state index contributed by atoms with van der Waals surface area (Å²) in [6.45, 7) is 2.15. The molecule has 0 spiro atoms. The molecule has 0 aromatic carbocycles. The highest BCUT2D eigenvalue weighted by Gasteiger charge is 2.32. The maximum Gasteiger partial charge on any atom is 0.303 e. The molecule has 1 fully saturated rings. The molecule has 1 saturated heterocycles. The maximum atomic E-state index is 11.7. The van der Waals surface area contributed by atoms with E-state index in [4.69, 9.17) is 5.11 Å². The number of carbonyl (C=O) groups is 2. The minimum Gasteiger partial charge on any atom is -0.481 e. The van der Waals surface area contributed by atoms with Crippen LogP contribution >= 0.6 is 0 Å². The van der Waals surface area contributed by atoms with Crippen LogP contribution in [-0.4, -0.2) is 43.5 Å². The van der Waals surface area contributed by atoms with Gasteiger partial charge in [0.1, 0.15) is 0 Å². The molecule has 6 nitrogen and oxygen atoms in total. The van der Waals surface area contributed by atoms with Gasteiger partial charge in [0.2, 0.25) is 5.91 Å². The summed E-state index contributed by atoms with van der Waals surface area (Å²) in [5, 5.41) is 11.3. The summed E-state index contributed by atoms with van der Waals surface area (Å²) in [5.74, 6) is -1.77. The van der Waals surface area contributed by atoms with E-state index in [1.165, 1.54) is 0 Å². The summed E-state index contributed by atoms with van der Waals surface area (Å²) in [5.41, 5.74) is 0. The molecule has 104 valence electrons. The van der Waals surface area contributed by atoms with Crippen molar-refractivity contribution in [3.05, 3.63) is 0 Å². The third-order valence-corrected chi connectivity index (χ3v) is 4.98. The Morgan fingerprint density at radius 1 is 1.44 bits per heavy atom. The average molecular weight is 277 g/mol. The van der Waals surface area contributed by atoms with Gasteiger partial charge in [0.25, 0.3) is 0 Å². The van der Waals surface area contributed by atoms with Gasteiger partial charge in [-0.1, -0.05) is 13.3 Å². The van der Waals surface area contributed by atoms with Gasteiger partial charge >= 0.3 is 5.97 Å². The highest BCUT2D eigenvalue weighted by molar-refractivity contribution is 7.91. The monoisotopic (exact) mass is 277 g/mol. The Balaban J connectivity index is 2.39. The number of carbonyl (C=O) groups excluding carboxylic acids is 1. The van der Waals surface area contributed by atoms with Crippen molar-refractivity contribution < 1.29 is 23.1 Å². The van der Waals surface area contributed by atoms with Crippen LogP contribution in [0.15, 0.2) is 0 Å². The molecule has 0 aromatic rings. The summed E-state index contributed by atoms with van der Waals surface area (Å²) in [7, 11) is -3.06. The third-order valence-electron chi connectivity index (χ3n) is 3.21. The van der Waals surface area contributed by atoms with E-state index in [2.05, 4.69) is 5.32 Å². The second-order valence-corrected chi connectivity index (χ2v) is 6.95. The van der Waals surface area contributed by atoms with Crippen LogP contribution in [0.4, 0.5) is 0 Å². The fourth-order valence-electron chi connectivity index (χ4n) is 2.00. The van der Waals surface area contributed by atoms with Crippen molar-refractivity contribution in [2.45, 2.75) is 26.2 Å². The van der Waals surface area contributed by atoms with Crippen molar-refractivity contribution in [3.8, 4) is 0 Å². The molecule has 18 heavy (non-hydrogen) atoms. The Kier molecular flexibility index (Phi) is 5.13. The van der Waals surface area contributed by atoms with Crippen LogP contribution in [0.25, 0.3) is 0 Å². The molecule has 1 aliphatic heterocycles. The summed E-state index contributed by atoms with van der Waals surface area (Å²) in [4.78, 5) is 22.3. The van der Waals surface area contributed by atoms with E-state index < -0.39 is 21.7 Å². The van der Waals surface area contributed by atoms with Crippen LogP contribution in [0.1, 0.15) is 26.2 Å². The average Bonchev–Trinajstić information content (AvgIpc) is 2.64. The van der Waals surface area contributed by atoms with Gasteiger partial charge in [-0.15, -0.1) is 0 Å². The lowest BCUT2D eigenvalue weighted by atomic mass is 10.0. The van der Waals surface area contributed by atoms with Gasteiger partial charge < -0.3 is 10.4 Å². The van der Waals surface area contributed by atoms with Crippen molar-refractivity contribution in [2.75, 3.05) is 18.1 Å². The number of hydrogen-bond acceptors (Lipinski definition) is 4. The lowest BCUT2D eigenvalue weighted by Crippen LogP contribution is -2.35. The number of rotatable bonds is 6. The molecule has 2 atom stereocenters. The Morgan fingerprint density at radius 3 is 2.56 bits per heavy atom. The zero-order valence-electron chi connectivity index (χ0n) is 10.4. The highest BCUT2D eigenvalue weighted by atomic mass is 32.2. The number of sulfone groups is 1. The fourth-order valence-corrected chi connectivity index (χ4v) is 3.74. The SMILES string of the molecule is CCC(CNC(=O)C1CCS(=O)(=O)C1)CC(=O)O. The number of aliphatic carboxylic acids is 1. The maximum absolute atomic E-state index is 11.7. The predicted octanol–water partition coefficient (Wildman–Crippen LogP) is 0.0382. The van der Waals surface area contributed by atoms with Gasteiger partial charge in [0.15, 0.2) is 9.84 Å². The first-order valence-corrected chi connectivity index (χ1v) is 7.86. The van der Waals surface area contributed by atoms with Crippen LogP contribution in [0.5, 0.6) is 0 Å². The Morgan fingerprint density at radius 2 is 2.11 bits per heavy atom. The standard InChI is InChI=1S/C11H19NO5S/c1-2-8(5-10(13)14)6-12-11(15)9-3-4-18(16,17)7-9/h8-9H,2-7H2,1H3,(H,12,15)(H,13,14). The van der Waals surface area contributed by atoms with E-state index in [9.17, 15) is 18.0 Å². The molecule has 1 aliphatic rings. The van der Waals surface area contributed by atoms with Gasteiger partial charge in [-0.25, -0.2) is 8.42 Å². The smallest absolute Gasteiger partial charge is 0.303 e. The normalized spacial score (nSPS) is 23.5. The molecule has 7 heteroatoms. The molecule has 1 amide bonds. The number of hydrogen-bond donors (Lipinski definition) is 2. The lowest BCUT2D eigenvalue weighted by molar-refractivity contribution is -0.138. The first-order chi connectivity index (χ1) is 8.34. The quantitative estimate of drug-likeness (QED) is 0.714.